The smallest absolute Gasteiger partial charge is 0.119 e. The fourth-order valence-electron chi connectivity index (χ4n) is 2.01. The first-order valence-electron chi connectivity index (χ1n) is 6.42. The van der Waals surface area contributed by atoms with Gasteiger partial charge in [-0.2, -0.15) is 0 Å². The van der Waals surface area contributed by atoms with Crippen LogP contribution in [0.15, 0.2) is 24.3 Å². The van der Waals surface area contributed by atoms with Gasteiger partial charge in [0.1, 0.15) is 5.75 Å². The maximum atomic E-state index is 5.60. The minimum Gasteiger partial charge on any atom is -0.497 e. The van der Waals surface area contributed by atoms with Gasteiger partial charge in [-0.25, -0.2) is 0 Å². The molecule has 1 aromatic rings. The highest BCUT2D eigenvalue weighted by atomic mass is 16.5. The van der Waals surface area contributed by atoms with Gasteiger partial charge in [-0.05, 0) is 56.0 Å². The zero-order valence-electron chi connectivity index (χ0n) is 10.6. The van der Waals surface area contributed by atoms with Crippen molar-refractivity contribution in [3.8, 4) is 5.75 Å². The molecule has 0 amide bonds. The third-order valence-electron chi connectivity index (χ3n) is 3.25. The minimum absolute atomic E-state index is 0.761. The molecule has 3 nitrogen and oxygen atoms in total. The van der Waals surface area contributed by atoms with Crippen molar-refractivity contribution in [2.45, 2.75) is 19.3 Å². The first-order chi connectivity index (χ1) is 8.33. The highest BCUT2D eigenvalue weighted by molar-refractivity contribution is 5.49. The summed E-state index contributed by atoms with van der Waals surface area (Å²) < 4.78 is 5.18. The fraction of sp³-hybridized carbons (Fsp3) is 0.571. The summed E-state index contributed by atoms with van der Waals surface area (Å²) in [5.41, 5.74) is 6.88. The molecule has 0 spiro atoms. The minimum atomic E-state index is 0.761. The van der Waals surface area contributed by atoms with Gasteiger partial charge in [-0.15, -0.1) is 0 Å². The quantitative estimate of drug-likeness (QED) is 0.786. The molecule has 0 aliphatic heterocycles. The van der Waals surface area contributed by atoms with Gasteiger partial charge in [-0.3, -0.25) is 0 Å². The van der Waals surface area contributed by atoms with Gasteiger partial charge in [0.15, 0.2) is 0 Å². The van der Waals surface area contributed by atoms with Gasteiger partial charge < -0.3 is 15.4 Å². The highest BCUT2D eigenvalue weighted by Gasteiger charge is 2.24. The van der Waals surface area contributed by atoms with Gasteiger partial charge >= 0.3 is 0 Å². The van der Waals surface area contributed by atoms with E-state index in [0.29, 0.717) is 0 Å². The van der Waals surface area contributed by atoms with Crippen molar-refractivity contribution in [2.75, 3.05) is 31.6 Å². The lowest BCUT2D eigenvalue weighted by molar-refractivity contribution is 0.415. The van der Waals surface area contributed by atoms with Gasteiger partial charge in [0.05, 0.1) is 7.11 Å². The Morgan fingerprint density at radius 2 is 2.00 bits per heavy atom. The van der Waals surface area contributed by atoms with Crippen LogP contribution in [0.4, 0.5) is 5.69 Å². The normalized spacial score (nSPS) is 14.7. The van der Waals surface area contributed by atoms with Crippen LogP contribution >= 0.6 is 0 Å². The number of ether oxygens (including phenoxy) is 1. The van der Waals surface area contributed by atoms with E-state index in [1.165, 1.54) is 25.1 Å². The number of nitrogens with zero attached hydrogens (tertiary/aromatic N) is 1. The molecule has 1 aliphatic rings. The van der Waals surface area contributed by atoms with Crippen LogP contribution in [-0.4, -0.2) is 26.7 Å². The van der Waals surface area contributed by atoms with Crippen molar-refractivity contribution >= 4 is 5.69 Å². The number of anilines is 1. The molecule has 1 aliphatic carbocycles. The number of hydrogen-bond donors (Lipinski definition) is 1. The van der Waals surface area contributed by atoms with Crippen LogP contribution in [0.2, 0.25) is 0 Å². The van der Waals surface area contributed by atoms with Crippen LogP contribution in [-0.2, 0) is 0 Å². The summed E-state index contributed by atoms with van der Waals surface area (Å²) in [5.74, 6) is 1.81. The van der Waals surface area contributed by atoms with Gasteiger partial charge in [0, 0.05) is 18.8 Å². The van der Waals surface area contributed by atoms with Crippen LogP contribution in [0.1, 0.15) is 19.3 Å². The molecule has 0 radical (unpaired) electrons. The monoisotopic (exact) mass is 234 g/mol. The Morgan fingerprint density at radius 1 is 1.29 bits per heavy atom. The van der Waals surface area contributed by atoms with E-state index >= 15 is 0 Å². The molecule has 0 heterocycles. The summed E-state index contributed by atoms with van der Waals surface area (Å²) in [6.45, 7) is 2.99. The van der Waals surface area contributed by atoms with Crippen LogP contribution < -0.4 is 15.4 Å². The summed E-state index contributed by atoms with van der Waals surface area (Å²) >= 11 is 0. The molecule has 0 saturated heterocycles. The van der Waals surface area contributed by atoms with Crippen LogP contribution in [0, 0.1) is 5.92 Å². The molecule has 2 N–H and O–H groups in total. The maximum Gasteiger partial charge on any atom is 0.119 e. The number of rotatable bonds is 7. The Morgan fingerprint density at radius 3 is 2.53 bits per heavy atom. The highest BCUT2D eigenvalue weighted by Crippen LogP contribution is 2.31. The number of benzene rings is 1. The van der Waals surface area contributed by atoms with Crippen molar-refractivity contribution in [2.24, 2.45) is 11.7 Å². The molecule has 1 aromatic carbocycles. The lowest BCUT2D eigenvalue weighted by atomic mass is 10.2. The largest absolute Gasteiger partial charge is 0.497 e. The van der Waals surface area contributed by atoms with E-state index in [0.717, 1.165) is 31.2 Å². The van der Waals surface area contributed by atoms with E-state index in [-0.39, 0.29) is 0 Å². The number of hydrogen-bond acceptors (Lipinski definition) is 3. The average Bonchev–Trinajstić information content (AvgIpc) is 3.18. The molecular weight excluding hydrogens is 212 g/mol. The second-order valence-electron chi connectivity index (χ2n) is 4.73. The van der Waals surface area contributed by atoms with E-state index in [1.54, 1.807) is 7.11 Å². The van der Waals surface area contributed by atoms with Crippen molar-refractivity contribution in [1.29, 1.82) is 0 Å². The van der Waals surface area contributed by atoms with E-state index in [1.807, 2.05) is 12.1 Å². The fourth-order valence-corrected chi connectivity index (χ4v) is 2.01. The SMILES string of the molecule is COc1ccc(N(CCCN)CC2CC2)cc1. The molecule has 2 rings (SSSR count). The number of methoxy groups -OCH3 is 1. The Balaban J connectivity index is 2.00. The molecule has 0 unspecified atom stereocenters. The first-order valence-corrected chi connectivity index (χ1v) is 6.42. The molecule has 94 valence electrons. The molecule has 17 heavy (non-hydrogen) atoms. The van der Waals surface area contributed by atoms with Crippen molar-refractivity contribution in [3.63, 3.8) is 0 Å². The van der Waals surface area contributed by atoms with Gasteiger partial charge in [-0.1, -0.05) is 0 Å². The standard InChI is InChI=1S/C14H22N2O/c1-17-14-7-5-13(6-8-14)16(10-2-9-15)11-12-3-4-12/h5-8,12H,2-4,9-11,15H2,1H3. The van der Waals surface area contributed by atoms with Crippen LogP contribution in [0.25, 0.3) is 0 Å². The Hall–Kier alpha value is -1.22. The van der Waals surface area contributed by atoms with Crippen molar-refractivity contribution in [3.05, 3.63) is 24.3 Å². The molecular formula is C14H22N2O. The predicted molar refractivity (Wildman–Crippen MR) is 71.6 cm³/mol. The summed E-state index contributed by atoms with van der Waals surface area (Å²) in [7, 11) is 1.70. The molecule has 1 fully saturated rings. The van der Waals surface area contributed by atoms with E-state index in [9.17, 15) is 0 Å². The lowest BCUT2D eigenvalue weighted by Gasteiger charge is -2.24. The molecule has 0 aromatic heterocycles. The van der Waals surface area contributed by atoms with Gasteiger partial charge in [0.2, 0.25) is 0 Å². The summed E-state index contributed by atoms with van der Waals surface area (Å²) in [5, 5.41) is 0. The Bertz CT molecular complexity index is 333. The molecule has 0 bridgehead atoms. The summed E-state index contributed by atoms with van der Waals surface area (Å²) in [4.78, 5) is 2.45. The zero-order chi connectivity index (χ0) is 12.1. The number of nitrogens with two attached hydrogens (primary N) is 1. The van der Waals surface area contributed by atoms with Gasteiger partial charge in [0.25, 0.3) is 0 Å². The zero-order valence-corrected chi connectivity index (χ0v) is 10.6. The maximum absolute atomic E-state index is 5.60. The second kappa shape index (κ2) is 5.92. The topological polar surface area (TPSA) is 38.5 Å². The Kier molecular flexibility index (Phi) is 4.26. The van der Waals surface area contributed by atoms with Crippen LogP contribution in [0.5, 0.6) is 5.75 Å². The molecule has 3 heteroatoms. The second-order valence-corrected chi connectivity index (χ2v) is 4.73. The van der Waals surface area contributed by atoms with Crippen LogP contribution in [0.3, 0.4) is 0 Å². The first kappa shape index (κ1) is 12.2. The Labute approximate surface area is 104 Å². The average molecular weight is 234 g/mol. The molecule has 1 saturated carbocycles. The third kappa shape index (κ3) is 3.63. The van der Waals surface area contributed by atoms with E-state index in [2.05, 4.69) is 17.0 Å². The van der Waals surface area contributed by atoms with E-state index < -0.39 is 0 Å². The lowest BCUT2D eigenvalue weighted by Crippen LogP contribution is -2.28. The summed E-state index contributed by atoms with van der Waals surface area (Å²) in [6.07, 6.45) is 3.82. The van der Waals surface area contributed by atoms with Crippen molar-refractivity contribution in [1.82, 2.24) is 0 Å². The molecule has 0 atom stereocenters. The van der Waals surface area contributed by atoms with Crippen molar-refractivity contribution < 1.29 is 4.74 Å². The third-order valence-corrected chi connectivity index (χ3v) is 3.25. The summed E-state index contributed by atoms with van der Waals surface area (Å²) in [6, 6.07) is 8.32. The van der Waals surface area contributed by atoms with E-state index in [4.69, 9.17) is 10.5 Å². The predicted octanol–water partition coefficient (Wildman–Crippen LogP) is 2.26.